The minimum Gasteiger partial charge on any atom is -0.305 e. The van der Waals surface area contributed by atoms with Gasteiger partial charge in [-0.05, 0) is 29.8 Å². The molecule has 8 heteroatoms. The molecule has 0 atom stereocenters. The summed E-state index contributed by atoms with van der Waals surface area (Å²) in [6, 6.07) is 21.5. The second-order valence-corrected chi connectivity index (χ2v) is 7.69. The number of amides is 1. The molecule has 0 saturated heterocycles. The Morgan fingerprint density at radius 2 is 1.83 bits per heavy atom. The van der Waals surface area contributed by atoms with E-state index in [0.29, 0.717) is 12.4 Å². The molecule has 0 radical (unpaired) electrons. The average molecular weight is 412 g/mol. The standard InChI is InChI=1S/C22H16N6OS/c29-21(18-14-28(27-26-18)13-15-6-2-1-3-7-15)25-20-11-10-16(12-23-20)22-24-17-8-4-5-9-19(17)30-22/h1-12,14H,13H2,(H,23,25,29). The van der Waals surface area contributed by atoms with Crippen molar-refractivity contribution in [2.24, 2.45) is 0 Å². The van der Waals surface area contributed by atoms with Crippen LogP contribution < -0.4 is 5.32 Å². The SMILES string of the molecule is O=C(Nc1ccc(-c2nc3ccccc3s2)cn1)c1cn(Cc2ccccc2)nn1. The quantitative estimate of drug-likeness (QED) is 0.466. The van der Waals surface area contributed by atoms with Crippen LogP contribution in [0.5, 0.6) is 0 Å². The van der Waals surface area contributed by atoms with Crippen LogP contribution in [0, 0.1) is 0 Å². The fraction of sp³-hybridized carbons (Fsp3) is 0.0455. The summed E-state index contributed by atoms with van der Waals surface area (Å²) >= 11 is 1.61. The molecular weight excluding hydrogens is 396 g/mol. The van der Waals surface area contributed by atoms with Crippen LogP contribution in [0.15, 0.2) is 79.1 Å². The van der Waals surface area contributed by atoms with Gasteiger partial charge in [0.25, 0.3) is 5.91 Å². The normalized spacial score (nSPS) is 10.9. The van der Waals surface area contributed by atoms with E-state index in [-0.39, 0.29) is 11.6 Å². The van der Waals surface area contributed by atoms with Gasteiger partial charge in [-0.25, -0.2) is 14.6 Å². The minimum absolute atomic E-state index is 0.239. The zero-order valence-corrected chi connectivity index (χ0v) is 16.6. The van der Waals surface area contributed by atoms with Crippen molar-refractivity contribution < 1.29 is 4.79 Å². The van der Waals surface area contributed by atoms with Crippen LogP contribution in [0.25, 0.3) is 20.8 Å². The number of nitrogens with one attached hydrogen (secondary N) is 1. The van der Waals surface area contributed by atoms with E-state index in [1.807, 2.05) is 60.7 Å². The number of anilines is 1. The maximum Gasteiger partial charge on any atom is 0.278 e. The van der Waals surface area contributed by atoms with Gasteiger partial charge < -0.3 is 5.32 Å². The molecule has 0 saturated carbocycles. The first-order valence-corrected chi connectivity index (χ1v) is 10.1. The molecule has 0 bridgehead atoms. The number of hydrogen-bond acceptors (Lipinski definition) is 6. The highest BCUT2D eigenvalue weighted by Gasteiger charge is 2.13. The first kappa shape index (κ1) is 18.1. The van der Waals surface area contributed by atoms with Gasteiger partial charge >= 0.3 is 0 Å². The molecule has 0 fully saturated rings. The minimum atomic E-state index is -0.352. The number of fused-ring (bicyclic) bond motifs is 1. The van der Waals surface area contributed by atoms with Crippen LogP contribution in [0.4, 0.5) is 5.82 Å². The molecule has 0 aliphatic rings. The summed E-state index contributed by atoms with van der Waals surface area (Å²) in [6.45, 7) is 0.552. The molecule has 5 rings (SSSR count). The molecule has 0 spiro atoms. The summed E-state index contributed by atoms with van der Waals surface area (Å²) in [5.41, 5.74) is 3.20. The predicted molar refractivity (Wildman–Crippen MR) is 116 cm³/mol. The van der Waals surface area contributed by atoms with E-state index in [0.717, 1.165) is 26.4 Å². The molecule has 2 aromatic carbocycles. The summed E-state index contributed by atoms with van der Waals surface area (Å²) in [4.78, 5) is 21.4. The Balaban J connectivity index is 1.27. The van der Waals surface area contributed by atoms with Gasteiger partial charge in [0.2, 0.25) is 0 Å². The number of thiazole rings is 1. The number of nitrogens with zero attached hydrogens (tertiary/aromatic N) is 5. The van der Waals surface area contributed by atoms with Crippen molar-refractivity contribution in [1.29, 1.82) is 0 Å². The first-order valence-electron chi connectivity index (χ1n) is 9.32. The van der Waals surface area contributed by atoms with Crippen molar-refractivity contribution in [2.75, 3.05) is 5.32 Å². The highest BCUT2D eigenvalue weighted by atomic mass is 32.1. The van der Waals surface area contributed by atoms with Crippen LogP contribution in [0.2, 0.25) is 0 Å². The largest absolute Gasteiger partial charge is 0.305 e. The number of benzene rings is 2. The van der Waals surface area contributed by atoms with E-state index in [1.165, 1.54) is 0 Å². The molecule has 0 aliphatic carbocycles. The lowest BCUT2D eigenvalue weighted by Gasteiger charge is -2.03. The first-order chi connectivity index (χ1) is 14.7. The zero-order chi connectivity index (χ0) is 20.3. The number of hydrogen-bond donors (Lipinski definition) is 1. The number of rotatable bonds is 5. The third-order valence-corrected chi connectivity index (χ3v) is 5.59. The van der Waals surface area contributed by atoms with Gasteiger partial charge in [-0.2, -0.15) is 0 Å². The van der Waals surface area contributed by atoms with Crippen LogP contribution in [0.3, 0.4) is 0 Å². The summed E-state index contributed by atoms with van der Waals surface area (Å²) in [7, 11) is 0. The number of carbonyl (C=O) groups excluding carboxylic acids is 1. The van der Waals surface area contributed by atoms with E-state index in [1.54, 1.807) is 34.5 Å². The van der Waals surface area contributed by atoms with E-state index >= 15 is 0 Å². The summed E-state index contributed by atoms with van der Waals surface area (Å²) < 4.78 is 2.76. The molecule has 30 heavy (non-hydrogen) atoms. The molecule has 1 amide bonds. The van der Waals surface area contributed by atoms with Gasteiger partial charge in [0.15, 0.2) is 5.69 Å². The Hall–Kier alpha value is -3.91. The van der Waals surface area contributed by atoms with E-state index < -0.39 is 0 Å². The van der Waals surface area contributed by atoms with Crippen molar-refractivity contribution in [3.05, 3.63) is 90.4 Å². The molecule has 146 valence electrons. The predicted octanol–water partition coefficient (Wildman–Crippen LogP) is 4.25. The van der Waals surface area contributed by atoms with Gasteiger partial charge in [0, 0.05) is 11.8 Å². The zero-order valence-electron chi connectivity index (χ0n) is 15.8. The highest BCUT2D eigenvalue weighted by Crippen LogP contribution is 2.29. The maximum absolute atomic E-state index is 12.5. The molecule has 0 aliphatic heterocycles. The van der Waals surface area contributed by atoms with Gasteiger partial charge in [-0.3, -0.25) is 4.79 Å². The Morgan fingerprint density at radius 3 is 2.63 bits per heavy atom. The third-order valence-electron chi connectivity index (χ3n) is 4.50. The maximum atomic E-state index is 12.5. The molecule has 0 unspecified atom stereocenters. The fourth-order valence-corrected chi connectivity index (χ4v) is 3.98. The topological polar surface area (TPSA) is 85.6 Å². The molecule has 1 N–H and O–H groups in total. The Kier molecular flexibility index (Phi) is 4.74. The van der Waals surface area contributed by atoms with Crippen molar-refractivity contribution in [2.45, 2.75) is 6.54 Å². The van der Waals surface area contributed by atoms with Crippen molar-refractivity contribution in [3.8, 4) is 10.6 Å². The Bertz CT molecular complexity index is 1280. The van der Waals surface area contributed by atoms with E-state index in [2.05, 4.69) is 25.6 Å². The van der Waals surface area contributed by atoms with Gasteiger partial charge in [0.05, 0.1) is 23.0 Å². The van der Waals surface area contributed by atoms with Crippen molar-refractivity contribution >= 4 is 33.3 Å². The third kappa shape index (κ3) is 3.81. The number of para-hydroxylation sites is 1. The van der Waals surface area contributed by atoms with Crippen molar-refractivity contribution in [3.63, 3.8) is 0 Å². The summed E-state index contributed by atoms with van der Waals surface area (Å²) in [5.74, 6) is 0.0945. The van der Waals surface area contributed by atoms with Crippen LogP contribution in [-0.2, 0) is 6.54 Å². The van der Waals surface area contributed by atoms with E-state index in [4.69, 9.17) is 0 Å². The van der Waals surface area contributed by atoms with Gasteiger partial charge in [0.1, 0.15) is 10.8 Å². The second-order valence-electron chi connectivity index (χ2n) is 6.66. The lowest BCUT2D eigenvalue weighted by Crippen LogP contribution is -2.13. The smallest absolute Gasteiger partial charge is 0.278 e. The summed E-state index contributed by atoms with van der Waals surface area (Å²) in [6.07, 6.45) is 3.33. The Morgan fingerprint density at radius 1 is 1.00 bits per heavy atom. The lowest BCUT2D eigenvalue weighted by atomic mass is 10.2. The molecular formula is C22H16N6OS. The molecule has 5 aromatic rings. The van der Waals surface area contributed by atoms with Crippen LogP contribution >= 0.6 is 11.3 Å². The monoisotopic (exact) mass is 412 g/mol. The lowest BCUT2D eigenvalue weighted by molar-refractivity contribution is 0.102. The highest BCUT2D eigenvalue weighted by molar-refractivity contribution is 7.21. The fourth-order valence-electron chi connectivity index (χ4n) is 3.02. The number of aromatic nitrogens is 5. The Labute approximate surface area is 176 Å². The number of pyridine rings is 1. The van der Waals surface area contributed by atoms with Crippen LogP contribution in [0.1, 0.15) is 16.1 Å². The average Bonchev–Trinajstić information content (AvgIpc) is 3.42. The molecule has 7 nitrogen and oxygen atoms in total. The number of carbonyl (C=O) groups is 1. The molecule has 3 heterocycles. The van der Waals surface area contributed by atoms with Gasteiger partial charge in [-0.1, -0.05) is 47.7 Å². The second kappa shape index (κ2) is 7.84. The molecule has 3 aromatic heterocycles. The van der Waals surface area contributed by atoms with Crippen LogP contribution in [-0.4, -0.2) is 30.9 Å². The van der Waals surface area contributed by atoms with Gasteiger partial charge in [-0.15, -0.1) is 16.4 Å². The van der Waals surface area contributed by atoms with Crippen molar-refractivity contribution in [1.82, 2.24) is 25.0 Å². The summed E-state index contributed by atoms with van der Waals surface area (Å²) in [5, 5.41) is 11.6. The van der Waals surface area contributed by atoms with E-state index in [9.17, 15) is 4.79 Å².